The second-order valence-corrected chi connectivity index (χ2v) is 15.7. The van der Waals surface area contributed by atoms with Gasteiger partial charge in [-0.15, -0.1) is 0 Å². The van der Waals surface area contributed by atoms with Crippen LogP contribution in [0.4, 0.5) is 0 Å². The van der Waals surface area contributed by atoms with Crippen LogP contribution in [0.1, 0.15) is 25.0 Å². The average molecular weight is 699 g/mol. The SMILES string of the molecule is CC1(C)c2cc3ccccc3cc2-c2c(-c3ccc(-c4c5ccccc5c(-c5ccc(-c6ccc7ccccc7c6)cc5)c5ccccc45)cc3)cccc21. The maximum Gasteiger partial charge on any atom is 0.0159 e. The molecule has 0 N–H and O–H groups in total. The summed E-state index contributed by atoms with van der Waals surface area (Å²) in [4.78, 5) is 0. The Morgan fingerprint density at radius 1 is 0.273 bits per heavy atom. The second kappa shape index (κ2) is 12.1. The largest absolute Gasteiger partial charge is 0.0616 e. The Balaban J connectivity index is 1.03. The standard InChI is InChI=1S/C55H38/c1-55(2)50-21-11-20-44(54(50)49-33-41-14-5-6-15-42(41)34-51(49)55)37-25-29-39(30-26-37)53-47-18-9-7-16-45(47)52(46-17-8-10-19-48(46)53)38-27-22-36(23-28-38)43-31-24-35-12-3-4-13-40(35)32-43/h3-34H,1-2H3. The van der Waals surface area contributed by atoms with Crippen LogP contribution >= 0.6 is 0 Å². The molecule has 0 nitrogen and oxygen atoms in total. The van der Waals surface area contributed by atoms with Crippen molar-refractivity contribution in [2.24, 2.45) is 0 Å². The van der Waals surface area contributed by atoms with Gasteiger partial charge in [-0.05, 0) is 128 Å². The fourth-order valence-electron chi connectivity index (χ4n) is 9.48. The highest BCUT2D eigenvalue weighted by Gasteiger charge is 2.37. The summed E-state index contributed by atoms with van der Waals surface area (Å²) in [7, 11) is 0. The van der Waals surface area contributed by atoms with E-state index in [2.05, 4.69) is 208 Å². The Kier molecular flexibility index (Phi) is 7.00. The van der Waals surface area contributed by atoms with Crippen molar-refractivity contribution in [1.82, 2.24) is 0 Å². The molecule has 0 saturated carbocycles. The molecule has 0 amide bonds. The molecule has 0 atom stereocenters. The van der Waals surface area contributed by atoms with Crippen LogP contribution in [-0.2, 0) is 5.41 Å². The molecule has 1 aliphatic rings. The summed E-state index contributed by atoms with van der Waals surface area (Å²) < 4.78 is 0. The first-order valence-electron chi connectivity index (χ1n) is 19.3. The molecule has 11 rings (SSSR count). The Morgan fingerprint density at radius 3 is 1.31 bits per heavy atom. The predicted octanol–water partition coefficient (Wildman–Crippen LogP) is 15.3. The first-order valence-corrected chi connectivity index (χ1v) is 19.3. The molecule has 0 spiro atoms. The molecule has 0 heterocycles. The summed E-state index contributed by atoms with van der Waals surface area (Å²) >= 11 is 0. The quantitative estimate of drug-likeness (QED) is 0.161. The molecule has 258 valence electrons. The first-order chi connectivity index (χ1) is 27.0. The van der Waals surface area contributed by atoms with Crippen molar-refractivity contribution in [3.05, 3.63) is 205 Å². The minimum atomic E-state index is -0.0685. The number of benzene rings is 10. The lowest BCUT2D eigenvalue weighted by molar-refractivity contribution is 0.661. The van der Waals surface area contributed by atoms with E-state index in [-0.39, 0.29) is 5.41 Å². The van der Waals surface area contributed by atoms with E-state index in [0.29, 0.717) is 0 Å². The van der Waals surface area contributed by atoms with Crippen molar-refractivity contribution in [1.29, 1.82) is 0 Å². The zero-order chi connectivity index (χ0) is 36.7. The fraction of sp³-hybridized carbons (Fsp3) is 0.0545. The highest BCUT2D eigenvalue weighted by Crippen LogP contribution is 2.53. The summed E-state index contributed by atoms with van der Waals surface area (Å²) in [6.45, 7) is 4.75. The molecule has 0 unspecified atom stereocenters. The van der Waals surface area contributed by atoms with Crippen molar-refractivity contribution >= 4 is 43.1 Å². The summed E-state index contributed by atoms with van der Waals surface area (Å²) in [5, 5.41) is 10.2. The van der Waals surface area contributed by atoms with Gasteiger partial charge < -0.3 is 0 Å². The van der Waals surface area contributed by atoms with Gasteiger partial charge in [-0.3, -0.25) is 0 Å². The van der Waals surface area contributed by atoms with Gasteiger partial charge in [-0.25, -0.2) is 0 Å². The van der Waals surface area contributed by atoms with Crippen LogP contribution in [0, 0.1) is 0 Å². The van der Waals surface area contributed by atoms with Gasteiger partial charge in [0.1, 0.15) is 0 Å². The Labute approximate surface area is 322 Å². The van der Waals surface area contributed by atoms with Gasteiger partial charge in [0.2, 0.25) is 0 Å². The number of hydrogen-bond acceptors (Lipinski definition) is 0. The molecule has 0 bridgehead atoms. The highest BCUT2D eigenvalue weighted by molar-refractivity contribution is 6.21. The van der Waals surface area contributed by atoms with E-state index in [1.54, 1.807) is 0 Å². The van der Waals surface area contributed by atoms with Crippen LogP contribution < -0.4 is 0 Å². The van der Waals surface area contributed by atoms with Crippen molar-refractivity contribution in [3.63, 3.8) is 0 Å². The Morgan fingerprint density at radius 2 is 0.727 bits per heavy atom. The van der Waals surface area contributed by atoms with Crippen molar-refractivity contribution in [2.75, 3.05) is 0 Å². The van der Waals surface area contributed by atoms with Gasteiger partial charge in [-0.2, -0.15) is 0 Å². The van der Waals surface area contributed by atoms with Crippen LogP contribution in [-0.4, -0.2) is 0 Å². The van der Waals surface area contributed by atoms with Gasteiger partial charge >= 0.3 is 0 Å². The molecule has 55 heavy (non-hydrogen) atoms. The minimum Gasteiger partial charge on any atom is -0.0616 e. The maximum atomic E-state index is 2.41. The van der Waals surface area contributed by atoms with E-state index in [1.807, 2.05) is 0 Å². The first kappa shape index (κ1) is 31.7. The van der Waals surface area contributed by atoms with Gasteiger partial charge in [0, 0.05) is 5.41 Å². The monoisotopic (exact) mass is 698 g/mol. The average Bonchev–Trinajstić information content (AvgIpc) is 3.47. The normalized spacial score (nSPS) is 13.1. The molecule has 0 heteroatoms. The van der Waals surface area contributed by atoms with E-state index in [0.717, 1.165) is 0 Å². The van der Waals surface area contributed by atoms with Gasteiger partial charge in [0.05, 0.1) is 0 Å². The fourth-order valence-corrected chi connectivity index (χ4v) is 9.48. The molecule has 0 radical (unpaired) electrons. The van der Waals surface area contributed by atoms with Crippen molar-refractivity contribution in [3.8, 4) is 55.6 Å². The number of hydrogen-bond donors (Lipinski definition) is 0. The summed E-state index contributed by atoms with van der Waals surface area (Å²) in [5.41, 5.74) is 15.5. The second-order valence-electron chi connectivity index (χ2n) is 15.7. The van der Waals surface area contributed by atoms with E-state index in [4.69, 9.17) is 0 Å². The van der Waals surface area contributed by atoms with Crippen molar-refractivity contribution in [2.45, 2.75) is 19.3 Å². The molecule has 0 saturated heterocycles. The zero-order valence-electron chi connectivity index (χ0n) is 31.0. The highest BCUT2D eigenvalue weighted by atomic mass is 14.4. The van der Waals surface area contributed by atoms with Crippen LogP contribution in [0.3, 0.4) is 0 Å². The summed E-state index contributed by atoms with van der Waals surface area (Å²) in [6, 6.07) is 72.1. The molecule has 0 fully saturated rings. The van der Waals surface area contributed by atoms with Crippen LogP contribution in [0.25, 0.3) is 98.7 Å². The van der Waals surface area contributed by atoms with Crippen LogP contribution in [0.2, 0.25) is 0 Å². The lowest BCUT2D eigenvalue weighted by Crippen LogP contribution is -2.14. The third-order valence-electron chi connectivity index (χ3n) is 12.2. The third-order valence-corrected chi connectivity index (χ3v) is 12.2. The molecule has 1 aliphatic carbocycles. The topological polar surface area (TPSA) is 0 Å². The molecule has 10 aromatic rings. The smallest absolute Gasteiger partial charge is 0.0159 e. The third kappa shape index (κ3) is 4.92. The molecule has 10 aromatic carbocycles. The summed E-state index contributed by atoms with van der Waals surface area (Å²) in [5.74, 6) is 0. The minimum absolute atomic E-state index is 0.0685. The maximum absolute atomic E-state index is 2.41. The molecular formula is C55H38. The van der Waals surface area contributed by atoms with Gasteiger partial charge in [-0.1, -0.05) is 190 Å². The van der Waals surface area contributed by atoms with E-state index in [1.165, 1.54) is 110 Å². The van der Waals surface area contributed by atoms with E-state index < -0.39 is 0 Å². The van der Waals surface area contributed by atoms with E-state index in [9.17, 15) is 0 Å². The van der Waals surface area contributed by atoms with Gasteiger partial charge in [0.15, 0.2) is 0 Å². The van der Waals surface area contributed by atoms with E-state index >= 15 is 0 Å². The Bertz CT molecular complexity index is 3080. The lowest BCUT2D eigenvalue weighted by atomic mass is 9.81. The molecular weight excluding hydrogens is 661 g/mol. The predicted molar refractivity (Wildman–Crippen MR) is 236 cm³/mol. The molecule has 0 aromatic heterocycles. The van der Waals surface area contributed by atoms with Gasteiger partial charge in [0.25, 0.3) is 0 Å². The lowest BCUT2D eigenvalue weighted by Gasteiger charge is -2.22. The van der Waals surface area contributed by atoms with Crippen LogP contribution in [0.5, 0.6) is 0 Å². The summed E-state index contributed by atoms with van der Waals surface area (Å²) in [6.07, 6.45) is 0. The number of rotatable bonds is 4. The van der Waals surface area contributed by atoms with Crippen LogP contribution in [0.15, 0.2) is 194 Å². The van der Waals surface area contributed by atoms with Crippen molar-refractivity contribution < 1.29 is 0 Å². The molecule has 0 aliphatic heterocycles. The number of fused-ring (bicyclic) bond motifs is 7. The zero-order valence-corrected chi connectivity index (χ0v) is 31.0. The Hall–Kier alpha value is -6.76.